The van der Waals surface area contributed by atoms with Crippen LogP contribution in [0.5, 0.6) is 0 Å². The molecule has 0 radical (unpaired) electrons. The van der Waals surface area contributed by atoms with Crippen molar-refractivity contribution in [1.29, 1.82) is 0 Å². The van der Waals surface area contributed by atoms with Crippen LogP contribution in [0.1, 0.15) is 18.7 Å². The molecule has 1 fully saturated rings. The zero-order valence-electron chi connectivity index (χ0n) is 9.69. The fraction of sp³-hybridized carbons (Fsp3) is 0.800. The Morgan fingerprint density at radius 3 is 2.94 bits per heavy atom. The van der Waals surface area contributed by atoms with Gasteiger partial charge in [0.2, 0.25) is 5.89 Å². The second-order valence-corrected chi connectivity index (χ2v) is 4.63. The zero-order valence-corrected chi connectivity index (χ0v) is 10.4. The highest BCUT2D eigenvalue weighted by atomic mass is 35.5. The molecule has 1 aliphatic rings. The minimum absolute atomic E-state index is 0.277. The summed E-state index contributed by atoms with van der Waals surface area (Å²) >= 11 is 5.64. The lowest BCUT2D eigenvalue weighted by Gasteiger charge is -2.25. The van der Waals surface area contributed by atoms with Crippen molar-refractivity contribution >= 4 is 17.6 Å². The summed E-state index contributed by atoms with van der Waals surface area (Å²) < 4.78 is 5.48. The van der Waals surface area contributed by atoms with E-state index in [-0.39, 0.29) is 5.88 Å². The standard InChI is InChI=1S/C10H17ClN4O/c1-14(2)7-8-4-3-5-15(8)10-13-12-9(6-11)16-10/h8H,3-7H2,1-2H3. The molecule has 1 atom stereocenters. The van der Waals surface area contributed by atoms with Crippen LogP contribution in [-0.4, -0.2) is 48.3 Å². The van der Waals surface area contributed by atoms with Crippen LogP contribution < -0.4 is 4.90 Å². The first-order valence-corrected chi connectivity index (χ1v) is 6.04. The molecule has 0 bridgehead atoms. The van der Waals surface area contributed by atoms with Gasteiger partial charge in [-0.2, -0.15) is 0 Å². The normalized spacial score (nSPS) is 21.0. The SMILES string of the molecule is CN(C)CC1CCCN1c1nnc(CCl)o1. The first-order valence-electron chi connectivity index (χ1n) is 5.50. The van der Waals surface area contributed by atoms with Crippen LogP contribution in [0.3, 0.4) is 0 Å². The van der Waals surface area contributed by atoms with E-state index in [1.54, 1.807) is 0 Å². The Bertz CT molecular complexity index is 341. The zero-order chi connectivity index (χ0) is 11.5. The van der Waals surface area contributed by atoms with Crippen LogP contribution in [-0.2, 0) is 5.88 Å². The van der Waals surface area contributed by atoms with Crippen LogP contribution >= 0.6 is 11.6 Å². The van der Waals surface area contributed by atoms with Gasteiger partial charge in [0.05, 0.1) is 0 Å². The summed E-state index contributed by atoms with van der Waals surface area (Å²) in [7, 11) is 4.16. The molecular formula is C10H17ClN4O. The molecule has 0 amide bonds. The maximum atomic E-state index is 5.64. The summed E-state index contributed by atoms with van der Waals surface area (Å²) in [4.78, 5) is 4.37. The van der Waals surface area contributed by atoms with Gasteiger partial charge in [-0.25, -0.2) is 0 Å². The van der Waals surface area contributed by atoms with E-state index in [9.17, 15) is 0 Å². The van der Waals surface area contributed by atoms with E-state index in [1.165, 1.54) is 12.8 Å². The van der Waals surface area contributed by atoms with Gasteiger partial charge < -0.3 is 14.2 Å². The van der Waals surface area contributed by atoms with Gasteiger partial charge in [-0.05, 0) is 26.9 Å². The molecule has 5 nitrogen and oxygen atoms in total. The van der Waals surface area contributed by atoms with E-state index in [0.717, 1.165) is 13.1 Å². The number of hydrogen-bond donors (Lipinski definition) is 0. The summed E-state index contributed by atoms with van der Waals surface area (Å²) in [6.07, 6.45) is 2.36. The Balaban J connectivity index is 2.07. The lowest BCUT2D eigenvalue weighted by molar-refractivity contribution is 0.364. The molecule has 1 unspecified atom stereocenters. The molecule has 1 saturated heterocycles. The molecule has 1 aromatic rings. The molecule has 6 heteroatoms. The van der Waals surface area contributed by atoms with E-state index in [0.29, 0.717) is 17.9 Å². The molecule has 0 N–H and O–H groups in total. The van der Waals surface area contributed by atoms with Gasteiger partial charge in [0.15, 0.2) is 0 Å². The Hall–Kier alpha value is -0.810. The van der Waals surface area contributed by atoms with Crippen LogP contribution in [0.2, 0.25) is 0 Å². The second kappa shape index (κ2) is 5.01. The van der Waals surface area contributed by atoms with Gasteiger partial charge in [0, 0.05) is 19.1 Å². The summed E-state index contributed by atoms with van der Waals surface area (Å²) in [6, 6.07) is 1.08. The average Bonchev–Trinajstić information content (AvgIpc) is 2.84. The number of rotatable bonds is 4. The second-order valence-electron chi connectivity index (χ2n) is 4.36. The highest BCUT2D eigenvalue weighted by Crippen LogP contribution is 2.24. The van der Waals surface area contributed by atoms with E-state index in [2.05, 4.69) is 34.1 Å². The third kappa shape index (κ3) is 2.47. The third-order valence-electron chi connectivity index (χ3n) is 2.77. The van der Waals surface area contributed by atoms with Crippen LogP contribution in [0.25, 0.3) is 0 Å². The number of alkyl halides is 1. The van der Waals surface area contributed by atoms with Crippen molar-refractivity contribution in [2.75, 3.05) is 32.1 Å². The Kier molecular flexibility index (Phi) is 3.66. The van der Waals surface area contributed by atoms with Gasteiger partial charge in [-0.3, -0.25) is 0 Å². The molecule has 0 aliphatic carbocycles. The monoisotopic (exact) mass is 244 g/mol. The largest absolute Gasteiger partial charge is 0.407 e. The maximum absolute atomic E-state index is 5.64. The number of hydrogen-bond acceptors (Lipinski definition) is 5. The molecule has 2 rings (SSSR count). The summed E-state index contributed by atoms with van der Waals surface area (Å²) in [5, 5.41) is 7.92. The molecule has 1 aliphatic heterocycles. The molecular weight excluding hydrogens is 228 g/mol. The first kappa shape index (κ1) is 11.7. The van der Waals surface area contributed by atoms with Crippen molar-refractivity contribution in [3.05, 3.63) is 5.89 Å². The lowest BCUT2D eigenvalue weighted by Crippen LogP contribution is -2.37. The minimum Gasteiger partial charge on any atom is -0.407 e. The Morgan fingerprint density at radius 1 is 1.50 bits per heavy atom. The maximum Gasteiger partial charge on any atom is 0.318 e. The van der Waals surface area contributed by atoms with Crippen molar-refractivity contribution in [2.24, 2.45) is 0 Å². The van der Waals surface area contributed by atoms with Crippen molar-refractivity contribution in [3.8, 4) is 0 Å². The molecule has 1 aromatic heterocycles. The van der Waals surface area contributed by atoms with E-state index >= 15 is 0 Å². The van der Waals surface area contributed by atoms with Crippen molar-refractivity contribution in [1.82, 2.24) is 15.1 Å². The van der Waals surface area contributed by atoms with Crippen LogP contribution in [0.15, 0.2) is 4.42 Å². The van der Waals surface area contributed by atoms with Crippen LogP contribution in [0, 0.1) is 0 Å². The quantitative estimate of drug-likeness (QED) is 0.748. The van der Waals surface area contributed by atoms with Gasteiger partial charge in [0.25, 0.3) is 0 Å². The molecule has 0 saturated carbocycles. The van der Waals surface area contributed by atoms with E-state index in [4.69, 9.17) is 16.0 Å². The fourth-order valence-electron chi connectivity index (χ4n) is 2.11. The third-order valence-corrected chi connectivity index (χ3v) is 3.00. The molecule has 16 heavy (non-hydrogen) atoms. The highest BCUT2D eigenvalue weighted by molar-refractivity contribution is 6.16. The molecule has 0 spiro atoms. The minimum atomic E-state index is 0.277. The molecule has 90 valence electrons. The van der Waals surface area contributed by atoms with E-state index in [1.807, 2.05) is 0 Å². The highest BCUT2D eigenvalue weighted by Gasteiger charge is 2.28. The van der Waals surface area contributed by atoms with Gasteiger partial charge >= 0.3 is 6.01 Å². The topological polar surface area (TPSA) is 45.4 Å². The number of halogens is 1. The summed E-state index contributed by atoms with van der Waals surface area (Å²) in [6.45, 7) is 2.00. The first-order chi connectivity index (χ1) is 7.70. The number of anilines is 1. The molecule has 2 heterocycles. The Morgan fingerprint density at radius 2 is 2.31 bits per heavy atom. The van der Waals surface area contributed by atoms with Gasteiger partial charge in [0.1, 0.15) is 5.88 Å². The fourth-order valence-corrected chi connectivity index (χ4v) is 2.22. The summed E-state index contributed by atoms with van der Waals surface area (Å²) in [5.41, 5.74) is 0. The predicted octanol–water partition coefficient (Wildman–Crippen LogP) is 1.34. The smallest absolute Gasteiger partial charge is 0.318 e. The van der Waals surface area contributed by atoms with Crippen molar-refractivity contribution < 1.29 is 4.42 Å². The van der Waals surface area contributed by atoms with Gasteiger partial charge in [-0.15, -0.1) is 16.7 Å². The summed E-state index contributed by atoms with van der Waals surface area (Å²) in [5.74, 6) is 0.770. The van der Waals surface area contributed by atoms with Gasteiger partial charge in [-0.1, -0.05) is 5.10 Å². The molecule has 0 aromatic carbocycles. The number of likely N-dealkylation sites (N-methyl/N-ethyl adjacent to an activating group) is 1. The number of nitrogens with zero attached hydrogens (tertiary/aromatic N) is 4. The Labute approximate surface area is 100 Å². The van der Waals surface area contributed by atoms with E-state index < -0.39 is 0 Å². The average molecular weight is 245 g/mol. The predicted molar refractivity (Wildman–Crippen MR) is 62.8 cm³/mol. The lowest BCUT2D eigenvalue weighted by atomic mass is 10.2. The van der Waals surface area contributed by atoms with Crippen molar-refractivity contribution in [2.45, 2.75) is 24.8 Å². The van der Waals surface area contributed by atoms with Crippen molar-refractivity contribution in [3.63, 3.8) is 0 Å². The van der Waals surface area contributed by atoms with Crippen LogP contribution in [0.4, 0.5) is 6.01 Å². The number of aromatic nitrogens is 2.